The normalized spacial score (nSPS) is 12.2. The average Bonchev–Trinajstić information content (AvgIpc) is 2.76. The van der Waals surface area contributed by atoms with Crippen molar-refractivity contribution in [1.82, 2.24) is 5.32 Å². The van der Waals surface area contributed by atoms with Gasteiger partial charge in [-0.3, -0.25) is 9.10 Å². The summed E-state index contributed by atoms with van der Waals surface area (Å²) in [4.78, 5) is 12.9. The van der Waals surface area contributed by atoms with Crippen LogP contribution in [-0.2, 0) is 14.8 Å². The number of nitrogens with zero attached hydrogens (tertiary/aromatic N) is 1. The molecule has 0 heterocycles. The molecule has 0 aliphatic rings. The molecule has 3 aromatic rings. The Bertz CT molecular complexity index is 1160. The second-order valence-corrected chi connectivity index (χ2v) is 9.90. The minimum absolute atomic E-state index is 0.111. The van der Waals surface area contributed by atoms with Crippen molar-refractivity contribution in [2.75, 3.05) is 17.1 Å². The Kier molecular flexibility index (Phi) is 7.70. The van der Waals surface area contributed by atoms with E-state index in [2.05, 4.69) is 5.32 Å². The van der Waals surface area contributed by atoms with Crippen LogP contribution in [0.5, 0.6) is 0 Å². The molecule has 3 rings (SSSR count). The van der Waals surface area contributed by atoms with Gasteiger partial charge < -0.3 is 5.32 Å². The fraction of sp³-hybridized carbons (Fsp3) is 0.269. The molecule has 1 N–H and O–H groups in total. The summed E-state index contributed by atoms with van der Waals surface area (Å²) in [6.45, 7) is 4.16. The Labute approximate surface area is 191 Å². The second kappa shape index (κ2) is 10.5. The molecule has 0 aliphatic carbocycles. The molecule has 6 heteroatoms. The number of benzene rings is 3. The van der Waals surface area contributed by atoms with Crippen LogP contribution in [0.4, 0.5) is 5.69 Å². The van der Waals surface area contributed by atoms with E-state index in [1.165, 1.54) is 10.6 Å². The van der Waals surface area contributed by atoms with E-state index in [-0.39, 0.29) is 24.9 Å². The summed E-state index contributed by atoms with van der Waals surface area (Å²) in [5, 5.41) is 3.15. The van der Waals surface area contributed by atoms with Gasteiger partial charge in [0.1, 0.15) is 0 Å². The number of sulfonamides is 1. The molecule has 0 aliphatic heterocycles. The first-order valence-electron chi connectivity index (χ1n) is 10.7. The van der Waals surface area contributed by atoms with E-state index in [9.17, 15) is 13.2 Å². The number of nitrogens with one attached hydrogen (secondary N) is 1. The highest BCUT2D eigenvalue weighted by Gasteiger charge is 2.21. The first-order chi connectivity index (χ1) is 15.3. The zero-order chi connectivity index (χ0) is 23.1. The minimum Gasteiger partial charge on any atom is -0.345 e. The van der Waals surface area contributed by atoms with E-state index in [0.717, 1.165) is 22.3 Å². The molecule has 0 radical (unpaired) electrons. The molecule has 0 fully saturated rings. The van der Waals surface area contributed by atoms with Crippen molar-refractivity contribution in [2.45, 2.75) is 32.7 Å². The molecule has 168 valence electrons. The van der Waals surface area contributed by atoms with Crippen LogP contribution >= 0.6 is 0 Å². The standard InChI is InChI=1S/C26H30N2O3S/c1-20-12-7-9-16-23(20)26(22-14-5-4-6-15-22)27-25(29)18-11-19-28(32(3,30)31)24-17-10-8-13-21(24)2/h4-10,12-17,26H,11,18-19H2,1-3H3,(H,27,29)/t26-/m0/s1. The Morgan fingerprint density at radius 2 is 1.47 bits per heavy atom. The van der Waals surface area contributed by atoms with Gasteiger partial charge in [0.15, 0.2) is 0 Å². The van der Waals surface area contributed by atoms with Gasteiger partial charge in [-0.15, -0.1) is 0 Å². The Hall–Kier alpha value is -3.12. The lowest BCUT2D eigenvalue weighted by Gasteiger charge is -2.25. The quantitative estimate of drug-likeness (QED) is 0.511. The van der Waals surface area contributed by atoms with Crippen molar-refractivity contribution in [1.29, 1.82) is 0 Å². The largest absolute Gasteiger partial charge is 0.345 e. The number of aryl methyl sites for hydroxylation is 2. The third-order valence-electron chi connectivity index (χ3n) is 5.49. The molecule has 1 atom stereocenters. The molecule has 0 spiro atoms. The van der Waals surface area contributed by atoms with Gasteiger partial charge in [-0.05, 0) is 48.6 Å². The smallest absolute Gasteiger partial charge is 0.232 e. The summed E-state index contributed by atoms with van der Waals surface area (Å²) in [7, 11) is -3.45. The molecule has 3 aromatic carbocycles. The summed E-state index contributed by atoms with van der Waals surface area (Å²) < 4.78 is 26.1. The molecule has 0 saturated carbocycles. The third-order valence-corrected chi connectivity index (χ3v) is 6.67. The van der Waals surface area contributed by atoms with Gasteiger partial charge in [-0.25, -0.2) is 8.42 Å². The molecule has 0 bridgehead atoms. The van der Waals surface area contributed by atoms with Crippen molar-refractivity contribution < 1.29 is 13.2 Å². The average molecular weight is 451 g/mol. The van der Waals surface area contributed by atoms with Crippen molar-refractivity contribution >= 4 is 21.6 Å². The molecular weight excluding hydrogens is 420 g/mol. The number of hydrogen-bond acceptors (Lipinski definition) is 3. The van der Waals surface area contributed by atoms with Gasteiger partial charge in [0, 0.05) is 13.0 Å². The summed E-state index contributed by atoms with van der Waals surface area (Å²) in [6.07, 6.45) is 1.85. The molecule has 1 amide bonds. The van der Waals surface area contributed by atoms with E-state index >= 15 is 0 Å². The van der Waals surface area contributed by atoms with Crippen molar-refractivity contribution in [3.05, 3.63) is 101 Å². The van der Waals surface area contributed by atoms with Crippen LogP contribution in [0.1, 0.15) is 41.1 Å². The van der Waals surface area contributed by atoms with Crippen LogP contribution in [0.25, 0.3) is 0 Å². The van der Waals surface area contributed by atoms with Crippen LogP contribution in [-0.4, -0.2) is 27.1 Å². The first-order valence-corrected chi connectivity index (χ1v) is 12.6. The lowest BCUT2D eigenvalue weighted by molar-refractivity contribution is -0.121. The van der Waals surface area contributed by atoms with Crippen molar-refractivity contribution in [3.63, 3.8) is 0 Å². The second-order valence-electron chi connectivity index (χ2n) is 7.99. The van der Waals surface area contributed by atoms with Gasteiger partial charge >= 0.3 is 0 Å². The number of amides is 1. The van der Waals surface area contributed by atoms with Crippen LogP contribution in [0.15, 0.2) is 78.9 Å². The topological polar surface area (TPSA) is 66.5 Å². The number of carbonyl (C=O) groups excluding carboxylic acids is 1. The highest BCUT2D eigenvalue weighted by atomic mass is 32.2. The Balaban J connectivity index is 1.71. The fourth-order valence-electron chi connectivity index (χ4n) is 3.82. The highest BCUT2D eigenvalue weighted by Crippen LogP contribution is 2.25. The van der Waals surface area contributed by atoms with Crippen molar-refractivity contribution in [3.8, 4) is 0 Å². The first kappa shape index (κ1) is 23.5. The number of para-hydroxylation sites is 1. The van der Waals surface area contributed by atoms with Gasteiger partial charge in [0.25, 0.3) is 0 Å². The molecule has 0 aromatic heterocycles. The molecule has 0 saturated heterocycles. The van der Waals surface area contributed by atoms with Gasteiger partial charge in [0.05, 0.1) is 18.0 Å². The number of anilines is 1. The van der Waals surface area contributed by atoms with Crippen LogP contribution in [0.2, 0.25) is 0 Å². The molecule has 32 heavy (non-hydrogen) atoms. The van der Waals surface area contributed by atoms with E-state index in [1.807, 2.05) is 86.6 Å². The lowest BCUT2D eigenvalue weighted by atomic mass is 9.95. The van der Waals surface area contributed by atoms with Crippen LogP contribution in [0, 0.1) is 13.8 Å². The monoisotopic (exact) mass is 450 g/mol. The van der Waals surface area contributed by atoms with Gasteiger partial charge in [-0.1, -0.05) is 72.8 Å². The number of hydrogen-bond donors (Lipinski definition) is 1. The summed E-state index contributed by atoms with van der Waals surface area (Å²) in [6, 6.07) is 25.0. The predicted octanol–water partition coefficient (Wildman–Crippen LogP) is 4.76. The van der Waals surface area contributed by atoms with Crippen molar-refractivity contribution in [2.24, 2.45) is 0 Å². The Morgan fingerprint density at radius 1 is 0.875 bits per heavy atom. The fourth-order valence-corrected chi connectivity index (χ4v) is 4.84. The maximum absolute atomic E-state index is 12.9. The van der Waals surface area contributed by atoms with E-state index in [4.69, 9.17) is 0 Å². The third kappa shape index (κ3) is 5.98. The van der Waals surface area contributed by atoms with Crippen LogP contribution < -0.4 is 9.62 Å². The molecule has 0 unspecified atom stereocenters. The highest BCUT2D eigenvalue weighted by molar-refractivity contribution is 7.92. The predicted molar refractivity (Wildman–Crippen MR) is 130 cm³/mol. The van der Waals surface area contributed by atoms with Gasteiger partial charge in [0.2, 0.25) is 15.9 Å². The van der Waals surface area contributed by atoms with Crippen LogP contribution in [0.3, 0.4) is 0 Å². The van der Waals surface area contributed by atoms with E-state index in [0.29, 0.717) is 12.1 Å². The maximum Gasteiger partial charge on any atom is 0.232 e. The summed E-state index contributed by atoms with van der Waals surface area (Å²) in [5.74, 6) is -0.111. The number of rotatable bonds is 9. The maximum atomic E-state index is 12.9. The molecular formula is C26H30N2O3S. The zero-order valence-electron chi connectivity index (χ0n) is 18.8. The van der Waals surface area contributed by atoms with E-state index in [1.54, 1.807) is 6.07 Å². The summed E-state index contributed by atoms with van der Waals surface area (Å²) >= 11 is 0. The summed E-state index contributed by atoms with van der Waals surface area (Å²) in [5.41, 5.74) is 4.69. The zero-order valence-corrected chi connectivity index (χ0v) is 19.6. The lowest BCUT2D eigenvalue weighted by Crippen LogP contribution is -2.33. The molecule has 5 nitrogen and oxygen atoms in total. The number of carbonyl (C=O) groups is 1. The minimum atomic E-state index is -3.45. The SMILES string of the molecule is Cc1ccccc1[C@@H](NC(=O)CCCN(c1ccccc1C)S(C)(=O)=O)c1ccccc1. The Morgan fingerprint density at radius 3 is 2.09 bits per heavy atom. The van der Waals surface area contributed by atoms with Gasteiger partial charge in [-0.2, -0.15) is 0 Å². The van der Waals surface area contributed by atoms with E-state index < -0.39 is 10.0 Å².